The smallest absolute Gasteiger partial charge is 0.331 e. The molecule has 180 valence electrons. The van der Waals surface area contributed by atoms with Gasteiger partial charge in [-0.25, -0.2) is 9.59 Å². The summed E-state index contributed by atoms with van der Waals surface area (Å²) in [6.45, 7) is 12.5. The van der Waals surface area contributed by atoms with Crippen LogP contribution in [-0.4, -0.2) is 41.2 Å². The number of nitrogens with zero attached hydrogens (tertiary/aromatic N) is 3. The largest absolute Gasteiger partial charge is 0.457 e. The minimum absolute atomic E-state index is 0.430. The maximum Gasteiger partial charge on any atom is 0.331 e. The summed E-state index contributed by atoms with van der Waals surface area (Å²) >= 11 is 6.33. The highest BCUT2D eigenvalue weighted by molar-refractivity contribution is 6.31. The maximum absolute atomic E-state index is 12.2. The number of hydrogen-bond acceptors (Lipinski definition) is 6. The Morgan fingerprint density at radius 1 is 0.879 bits per heavy atom. The van der Waals surface area contributed by atoms with Crippen molar-refractivity contribution in [3.8, 4) is 0 Å². The molecule has 0 aliphatic carbocycles. The van der Waals surface area contributed by atoms with Crippen molar-refractivity contribution < 1.29 is 19.1 Å². The highest BCUT2D eigenvalue weighted by Gasteiger charge is 2.16. The fourth-order valence-corrected chi connectivity index (χ4v) is 3.31. The lowest BCUT2D eigenvalue weighted by Crippen LogP contribution is -2.23. The fraction of sp³-hybridized carbons (Fsp3) is 0.520. The molecule has 0 aromatic heterocycles. The third-order valence-corrected chi connectivity index (χ3v) is 4.57. The van der Waals surface area contributed by atoms with Gasteiger partial charge in [0.2, 0.25) is 0 Å². The van der Waals surface area contributed by atoms with Crippen molar-refractivity contribution in [2.45, 2.75) is 72.0 Å². The molecule has 0 atom stereocenters. The van der Waals surface area contributed by atoms with E-state index in [1.54, 1.807) is 65.8 Å². The van der Waals surface area contributed by atoms with Crippen LogP contribution in [0, 0.1) is 0 Å². The van der Waals surface area contributed by atoms with Crippen molar-refractivity contribution in [2.75, 3.05) is 13.1 Å². The van der Waals surface area contributed by atoms with Crippen LogP contribution in [0.1, 0.15) is 71.9 Å². The van der Waals surface area contributed by atoms with E-state index in [2.05, 4.69) is 10.3 Å². The van der Waals surface area contributed by atoms with Crippen molar-refractivity contribution in [2.24, 2.45) is 10.3 Å². The molecule has 1 saturated heterocycles. The number of halogens is 1. The van der Waals surface area contributed by atoms with Gasteiger partial charge in [0.1, 0.15) is 16.9 Å². The second-order valence-corrected chi connectivity index (χ2v) is 10.3. The Kier molecular flexibility index (Phi) is 9.23. The number of hydrogen-bond donors (Lipinski definition) is 0. The third-order valence-electron chi connectivity index (χ3n) is 4.35. The molecule has 1 aromatic carbocycles. The Hall–Kier alpha value is -2.67. The Labute approximate surface area is 201 Å². The number of rotatable bonds is 6. The van der Waals surface area contributed by atoms with E-state index >= 15 is 0 Å². The van der Waals surface area contributed by atoms with Crippen LogP contribution < -0.4 is 0 Å². The normalized spacial score (nSPS) is 15.5. The standard InChI is InChI=1S/C25H34ClN3O4/c1-24(2,3)32-21(30)12-10-18-16-20(26)17-19(11-13-22(31)33-25(4,5)6)23(18)27-28-29-14-8-7-9-15-29/h10-13,16-17H,7-9,14-15H2,1-6H3/b12-10+,13-11+,28-27?. The number of carbonyl (C=O) groups excluding carboxylic acids is 2. The summed E-state index contributed by atoms with van der Waals surface area (Å²) in [5, 5.41) is 11.2. The van der Waals surface area contributed by atoms with Gasteiger partial charge in [-0.3, -0.25) is 5.01 Å². The van der Waals surface area contributed by atoms with Gasteiger partial charge < -0.3 is 9.47 Å². The molecule has 0 radical (unpaired) electrons. The van der Waals surface area contributed by atoms with Crippen molar-refractivity contribution in [3.63, 3.8) is 0 Å². The molecule has 1 aromatic rings. The van der Waals surface area contributed by atoms with Crippen LogP contribution in [0.25, 0.3) is 12.2 Å². The minimum Gasteiger partial charge on any atom is -0.457 e. The van der Waals surface area contributed by atoms with E-state index in [0.29, 0.717) is 21.8 Å². The Morgan fingerprint density at radius 2 is 1.33 bits per heavy atom. The number of benzene rings is 1. The van der Waals surface area contributed by atoms with Crippen molar-refractivity contribution in [1.29, 1.82) is 0 Å². The molecule has 0 N–H and O–H groups in total. The average molecular weight is 476 g/mol. The lowest BCUT2D eigenvalue weighted by Gasteiger charge is -2.22. The van der Waals surface area contributed by atoms with Crippen LogP contribution >= 0.6 is 11.6 Å². The summed E-state index contributed by atoms with van der Waals surface area (Å²) in [5.41, 5.74) is 0.447. The van der Waals surface area contributed by atoms with Crippen LogP contribution in [0.2, 0.25) is 5.02 Å². The number of ether oxygens (including phenoxy) is 2. The second-order valence-electron chi connectivity index (χ2n) is 9.87. The van der Waals surface area contributed by atoms with Gasteiger partial charge >= 0.3 is 11.9 Å². The third kappa shape index (κ3) is 10.2. The van der Waals surface area contributed by atoms with Gasteiger partial charge in [0.15, 0.2) is 0 Å². The predicted molar refractivity (Wildman–Crippen MR) is 131 cm³/mol. The summed E-state index contributed by atoms with van der Waals surface area (Å²) in [6.07, 6.45) is 9.16. The van der Waals surface area contributed by atoms with Crippen LogP contribution in [-0.2, 0) is 19.1 Å². The first kappa shape index (κ1) is 26.6. The van der Waals surface area contributed by atoms with Gasteiger partial charge in [-0.1, -0.05) is 16.8 Å². The highest BCUT2D eigenvalue weighted by Crippen LogP contribution is 2.32. The van der Waals surface area contributed by atoms with Gasteiger partial charge in [-0.15, -0.1) is 5.11 Å². The summed E-state index contributed by atoms with van der Waals surface area (Å²) in [6, 6.07) is 3.38. The molecule has 2 rings (SSSR count). The molecule has 1 fully saturated rings. The quantitative estimate of drug-likeness (QED) is 0.265. The average Bonchev–Trinajstić information content (AvgIpc) is 2.68. The van der Waals surface area contributed by atoms with E-state index in [4.69, 9.17) is 21.1 Å². The second kappa shape index (κ2) is 11.5. The molecule has 0 unspecified atom stereocenters. The maximum atomic E-state index is 12.2. The lowest BCUT2D eigenvalue weighted by atomic mass is 10.1. The SMILES string of the molecule is CC(C)(C)OC(=O)/C=C/c1cc(Cl)cc(/C=C/C(=O)OC(C)(C)C)c1N=NN1CCCCC1. The first-order valence-electron chi connectivity index (χ1n) is 11.1. The zero-order valence-corrected chi connectivity index (χ0v) is 21.1. The van der Waals surface area contributed by atoms with E-state index in [-0.39, 0.29) is 0 Å². The molecular formula is C25H34ClN3O4. The Morgan fingerprint density at radius 3 is 1.76 bits per heavy atom. The van der Waals surface area contributed by atoms with Crippen LogP contribution in [0.4, 0.5) is 5.69 Å². The summed E-state index contributed by atoms with van der Waals surface area (Å²) in [4.78, 5) is 24.4. The van der Waals surface area contributed by atoms with Crippen LogP contribution in [0.15, 0.2) is 34.6 Å². The summed E-state index contributed by atoms with van der Waals surface area (Å²) in [5.74, 6) is -0.959. The minimum atomic E-state index is -0.603. The van der Waals surface area contributed by atoms with Gasteiger partial charge in [-0.05, 0) is 85.1 Å². The van der Waals surface area contributed by atoms with E-state index in [1.165, 1.54) is 18.6 Å². The predicted octanol–water partition coefficient (Wildman–Crippen LogP) is 6.53. The van der Waals surface area contributed by atoms with E-state index < -0.39 is 23.1 Å². The van der Waals surface area contributed by atoms with Gasteiger partial charge in [0, 0.05) is 41.4 Å². The fourth-order valence-electron chi connectivity index (χ4n) is 3.07. The summed E-state index contributed by atoms with van der Waals surface area (Å²) in [7, 11) is 0. The highest BCUT2D eigenvalue weighted by atomic mass is 35.5. The molecule has 0 amide bonds. The molecule has 0 bridgehead atoms. The van der Waals surface area contributed by atoms with Crippen LogP contribution in [0.5, 0.6) is 0 Å². The monoisotopic (exact) mass is 475 g/mol. The zero-order chi connectivity index (χ0) is 24.6. The Bertz CT molecular complexity index is 875. The molecule has 1 heterocycles. The topological polar surface area (TPSA) is 80.6 Å². The summed E-state index contributed by atoms with van der Waals surface area (Å²) < 4.78 is 10.7. The molecule has 33 heavy (non-hydrogen) atoms. The van der Waals surface area contributed by atoms with E-state index in [9.17, 15) is 9.59 Å². The lowest BCUT2D eigenvalue weighted by molar-refractivity contribution is -0.149. The number of carbonyl (C=O) groups is 2. The van der Waals surface area contributed by atoms with Gasteiger partial charge in [0.05, 0.1) is 0 Å². The number of esters is 2. The molecule has 1 aliphatic heterocycles. The van der Waals surface area contributed by atoms with E-state index in [0.717, 1.165) is 25.9 Å². The first-order chi connectivity index (χ1) is 15.3. The zero-order valence-electron chi connectivity index (χ0n) is 20.4. The molecule has 0 saturated carbocycles. The van der Waals surface area contributed by atoms with Gasteiger partial charge in [0.25, 0.3) is 0 Å². The number of piperidine rings is 1. The van der Waals surface area contributed by atoms with Gasteiger partial charge in [-0.2, -0.15) is 0 Å². The van der Waals surface area contributed by atoms with Crippen molar-refractivity contribution >= 4 is 41.4 Å². The van der Waals surface area contributed by atoms with Crippen LogP contribution in [0.3, 0.4) is 0 Å². The molecule has 8 heteroatoms. The molecule has 1 aliphatic rings. The molecular weight excluding hydrogens is 442 g/mol. The van der Waals surface area contributed by atoms with Crippen molar-refractivity contribution in [1.82, 2.24) is 5.01 Å². The molecule has 0 spiro atoms. The van der Waals surface area contributed by atoms with Crippen molar-refractivity contribution in [3.05, 3.63) is 40.4 Å². The molecule has 7 nitrogen and oxygen atoms in total. The first-order valence-corrected chi connectivity index (χ1v) is 11.5. The van der Waals surface area contributed by atoms with E-state index in [1.807, 2.05) is 5.01 Å². The Balaban J connectivity index is 2.41.